The molecule has 0 N–H and O–H groups in total. The van der Waals surface area contributed by atoms with E-state index in [1.165, 1.54) is 11.1 Å². The van der Waals surface area contributed by atoms with Crippen LogP contribution in [0.2, 0.25) is 0 Å². The monoisotopic (exact) mass is 192 g/mol. The molecule has 1 aliphatic heterocycles. The third-order valence-electron chi connectivity index (χ3n) is 2.60. The molecule has 0 atom stereocenters. The van der Waals surface area contributed by atoms with Gasteiger partial charge >= 0.3 is 0 Å². The van der Waals surface area contributed by atoms with Crippen molar-refractivity contribution < 1.29 is 9.78 Å². The molecule has 2 heteroatoms. The van der Waals surface area contributed by atoms with Gasteiger partial charge in [0.25, 0.3) is 0 Å². The summed E-state index contributed by atoms with van der Waals surface area (Å²) in [6, 6.07) is 4.09. The zero-order valence-electron chi connectivity index (χ0n) is 9.13. The zero-order valence-corrected chi connectivity index (χ0v) is 9.13. The average Bonchev–Trinajstić information content (AvgIpc) is 2.40. The van der Waals surface area contributed by atoms with Gasteiger partial charge in [0.2, 0.25) is 0 Å². The van der Waals surface area contributed by atoms with Crippen molar-refractivity contribution in [2.75, 3.05) is 0 Å². The van der Waals surface area contributed by atoms with Crippen molar-refractivity contribution >= 4 is 0 Å². The molecule has 0 saturated heterocycles. The molecular weight excluding hydrogens is 176 g/mol. The van der Waals surface area contributed by atoms with E-state index in [-0.39, 0.29) is 0 Å². The third-order valence-corrected chi connectivity index (χ3v) is 2.60. The molecule has 0 saturated carbocycles. The smallest absolute Gasteiger partial charge is 0.189 e. The summed E-state index contributed by atoms with van der Waals surface area (Å²) in [7, 11) is 0. The zero-order chi connectivity index (χ0) is 10.3. The number of hydrogen-bond acceptors (Lipinski definition) is 2. The second-order valence-corrected chi connectivity index (χ2v) is 4.37. The van der Waals surface area contributed by atoms with Crippen molar-refractivity contribution in [2.24, 2.45) is 0 Å². The van der Waals surface area contributed by atoms with Gasteiger partial charge < -0.3 is 0 Å². The summed E-state index contributed by atoms with van der Waals surface area (Å²) in [4.78, 5) is 10.4. The minimum absolute atomic E-state index is 0.446. The first kappa shape index (κ1) is 9.38. The molecule has 0 fully saturated rings. The van der Waals surface area contributed by atoms with E-state index in [0.717, 1.165) is 11.5 Å². The maximum Gasteiger partial charge on any atom is 0.189 e. The van der Waals surface area contributed by atoms with Gasteiger partial charge in [0.15, 0.2) is 11.5 Å². The van der Waals surface area contributed by atoms with Crippen molar-refractivity contribution in [3.63, 3.8) is 0 Å². The molecule has 2 nitrogen and oxygen atoms in total. The van der Waals surface area contributed by atoms with Crippen LogP contribution >= 0.6 is 0 Å². The summed E-state index contributed by atoms with van der Waals surface area (Å²) in [5.41, 5.74) is 2.44. The van der Waals surface area contributed by atoms with E-state index in [4.69, 9.17) is 9.78 Å². The normalized spacial score (nSPS) is 13.3. The molecule has 0 aliphatic carbocycles. The van der Waals surface area contributed by atoms with Crippen LogP contribution in [-0.4, -0.2) is 0 Å². The molecule has 0 spiro atoms. The van der Waals surface area contributed by atoms with Crippen LogP contribution in [0.5, 0.6) is 11.5 Å². The largest absolute Gasteiger partial charge is 0.289 e. The highest BCUT2D eigenvalue weighted by atomic mass is 17.2. The van der Waals surface area contributed by atoms with Gasteiger partial charge in [-0.05, 0) is 17.9 Å². The van der Waals surface area contributed by atoms with Crippen LogP contribution in [0.1, 0.15) is 50.7 Å². The first-order valence-corrected chi connectivity index (χ1v) is 5.12. The predicted molar refractivity (Wildman–Crippen MR) is 55.9 cm³/mol. The van der Waals surface area contributed by atoms with Crippen LogP contribution in [0.25, 0.3) is 0 Å². The average molecular weight is 192 g/mol. The number of fused-ring (bicyclic) bond motifs is 2. The minimum Gasteiger partial charge on any atom is -0.289 e. The van der Waals surface area contributed by atoms with Gasteiger partial charge in [-0.1, -0.05) is 33.8 Å². The van der Waals surface area contributed by atoms with Crippen molar-refractivity contribution in [3.05, 3.63) is 23.3 Å². The first-order chi connectivity index (χ1) is 6.61. The molecule has 76 valence electrons. The van der Waals surface area contributed by atoms with Crippen LogP contribution in [0.15, 0.2) is 12.1 Å². The number of hydrogen-bond donors (Lipinski definition) is 0. The Balaban J connectivity index is 2.56. The summed E-state index contributed by atoms with van der Waals surface area (Å²) >= 11 is 0. The van der Waals surface area contributed by atoms with E-state index in [1.807, 2.05) is 6.07 Å². The summed E-state index contributed by atoms with van der Waals surface area (Å²) < 4.78 is 0. The molecule has 1 aliphatic rings. The van der Waals surface area contributed by atoms with E-state index >= 15 is 0 Å². The van der Waals surface area contributed by atoms with Gasteiger partial charge in [-0.15, -0.1) is 0 Å². The summed E-state index contributed by atoms with van der Waals surface area (Å²) in [6.07, 6.45) is 0. The molecule has 0 unspecified atom stereocenters. The fourth-order valence-corrected chi connectivity index (χ4v) is 1.85. The van der Waals surface area contributed by atoms with E-state index in [0.29, 0.717) is 11.8 Å². The van der Waals surface area contributed by atoms with Gasteiger partial charge in [-0.3, -0.25) is 9.78 Å². The van der Waals surface area contributed by atoms with Crippen LogP contribution in [0.3, 0.4) is 0 Å². The molecule has 0 amide bonds. The van der Waals surface area contributed by atoms with Gasteiger partial charge in [0.05, 0.1) is 0 Å². The fraction of sp³-hybridized carbons (Fsp3) is 0.500. The Bertz CT molecular complexity index is 354. The SMILES string of the molecule is CC(C)c1ccc2c(C(C)C)c1OO2. The van der Waals surface area contributed by atoms with Crippen molar-refractivity contribution in [1.82, 2.24) is 0 Å². The van der Waals surface area contributed by atoms with Gasteiger partial charge in [0, 0.05) is 11.1 Å². The minimum atomic E-state index is 0.446. The Morgan fingerprint density at radius 2 is 1.64 bits per heavy atom. The molecule has 1 heterocycles. The Morgan fingerprint density at radius 3 is 2.21 bits per heavy atom. The topological polar surface area (TPSA) is 18.5 Å². The fourth-order valence-electron chi connectivity index (χ4n) is 1.85. The Hall–Kier alpha value is -1.18. The molecule has 0 radical (unpaired) electrons. The quantitative estimate of drug-likeness (QED) is 0.666. The lowest BCUT2D eigenvalue weighted by molar-refractivity contribution is -0.0854. The van der Waals surface area contributed by atoms with Crippen molar-refractivity contribution in [1.29, 1.82) is 0 Å². The molecule has 14 heavy (non-hydrogen) atoms. The maximum absolute atomic E-state index is 5.27. The van der Waals surface area contributed by atoms with Crippen LogP contribution < -0.4 is 9.78 Å². The van der Waals surface area contributed by atoms with Crippen molar-refractivity contribution in [3.8, 4) is 11.5 Å². The summed E-state index contributed by atoms with van der Waals surface area (Å²) in [6.45, 7) is 8.64. The van der Waals surface area contributed by atoms with E-state index < -0.39 is 0 Å². The first-order valence-electron chi connectivity index (χ1n) is 5.12. The van der Waals surface area contributed by atoms with Gasteiger partial charge in [0.1, 0.15) is 0 Å². The lowest BCUT2D eigenvalue weighted by Gasteiger charge is -2.10. The van der Waals surface area contributed by atoms with Crippen LogP contribution in [0, 0.1) is 0 Å². The van der Waals surface area contributed by atoms with Crippen LogP contribution in [0.4, 0.5) is 0 Å². The molecule has 2 bridgehead atoms. The van der Waals surface area contributed by atoms with E-state index in [1.54, 1.807) is 0 Å². The van der Waals surface area contributed by atoms with E-state index in [2.05, 4.69) is 33.8 Å². The Kier molecular flexibility index (Phi) is 2.14. The Labute approximate surface area is 84.8 Å². The maximum atomic E-state index is 5.27. The molecule has 1 aromatic carbocycles. The second kappa shape index (κ2) is 3.19. The molecule has 1 aromatic rings. The van der Waals surface area contributed by atoms with E-state index in [9.17, 15) is 0 Å². The predicted octanol–water partition coefficient (Wildman–Crippen LogP) is 3.62. The highest BCUT2D eigenvalue weighted by Crippen LogP contribution is 2.44. The molecular formula is C12H16O2. The number of benzene rings is 1. The van der Waals surface area contributed by atoms with Crippen molar-refractivity contribution in [2.45, 2.75) is 39.5 Å². The summed E-state index contributed by atoms with van der Waals surface area (Å²) in [5, 5.41) is 0. The third kappa shape index (κ3) is 1.26. The molecule has 2 rings (SSSR count). The van der Waals surface area contributed by atoms with Crippen LogP contribution in [-0.2, 0) is 0 Å². The Morgan fingerprint density at radius 1 is 0.929 bits per heavy atom. The van der Waals surface area contributed by atoms with Gasteiger partial charge in [-0.2, -0.15) is 0 Å². The highest BCUT2D eigenvalue weighted by Gasteiger charge is 2.27. The summed E-state index contributed by atoms with van der Waals surface area (Å²) in [5.74, 6) is 2.73. The highest BCUT2D eigenvalue weighted by molar-refractivity contribution is 5.54. The second-order valence-electron chi connectivity index (χ2n) is 4.37. The lowest BCUT2D eigenvalue weighted by atomic mass is 9.94. The number of rotatable bonds is 2. The lowest BCUT2D eigenvalue weighted by Crippen LogP contribution is -1.95. The van der Waals surface area contributed by atoms with Gasteiger partial charge in [-0.25, -0.2) is 0 Å². The molecule has 0 aromatic heterocycles. The standard InChI is InChI=1S/C12H16O2/c1-7(2)9-5-6-10-11(8(3)4)12(9)14-13-10/h5-8H,1-4H3.